The Kier molecular flexibility index (Phi) is 11.0. The molecule has 0 radical (unpaired) electrons. The summed E-state index contributed by atoms with van der Waals surface area (Å²) in [6.45, 7) is 7.69. The first-order valence-electron chi connectivity index (χ1n) is 10.6. The zero-order valence-corrected chi connectivity index (χ0v) is 19.3. The number of carbonyl (C=O) groups excluding carboxylic acids is 2. The van der Waals surface area contributed by atoms with Gasteiger partial charge in [-0.05, 0) is 17.4 Å². The third-order valence-electron chi connectivity index (χ3n) is 5.50. The molecule has 0 saturated heterocycles. The summed E-state index contributed by atoms with van der Waals surface area (Å²) in [6.07, 6.45) is -0.833. The van der Waals surface area contributed by atoms with Gasteiger partial charge in [0.2, 0.25) is 5.91 Å². The molecule has 1 aromatic rings. The Labute approximate surface area is 184 Å². The summed E-state index contributed by atoms with van der Waals surface area (Å²) in [5.41, 5.74) is 0.843. The van der Waals surface area contributed by atoms with Crippen molar-refractivity contribution in [2.24, 2.45) is 11.8 Å². The monoisotopic (exact) mass is 436 g/mol. The van der Waals surface area contributed by atoms with Crippen LogP contribution >= 0.6 is 0 Å². The van der Waals surface area contributed by atoms with Crippen molar-refractivity contribution >= 4 is 18.0 Å². The minimum Gasteiger partial charge on any atom is -0.481 e. The first-order chi connectivity index (χ1) is 14.6. The van der Waals surface area contributed by atoms with E-state index in [4.69, 9.17) is 9.47 Å². The fraction of sp³-hybridized carbons (Fsp3) is 0.609. The van der Waals surface area contributed by atoms with E-state index in [0.717, 1.165) is 12.0 Å². The van der Waals surface area contributed by atoms with E-state index < -0.39 is 30.3 Å². The van der Waals surface area contributed by atoms with Crippen LogP contribution in [0.3, 0.4) is 0 Å². The molecule has 0 aliphatic rings. The second kappa shape index (κ2) is 12.9. The largest absolute Gasteiger partial charge is 0.481 e. The fourth-order valence-corrected chi connectivity index (χ4v) is 3.53. The minimum absolute atomic E-state index is 0.00362. The van der Waals surface area contributed by atoms with Crippen LogP contribution in [0.4, 0.5) is 4.79 Å². The highest BCUT2D eigenvalue weighted by Crippen LogP contribution is 2.23. The summed E-state index contributed by atoms with van der Waals surface area (Å²) in [7, 11) is 3.07. The summed E-state index contributed by atoms with van der Waals surface area (Å²) in [4.78, 5) is 38.5. The molecule has 31 heavy (non-hydrogen) atoms. The molecule has 174 valence electrons. The number of carboxylic acid groups (broad SMARTS) is 1. The van der Waals surface area contributed by atoms with Crippen molar-refractivity contribution in [1.29, 1.82) is 0 Å². The van der Waals surface area contributed by atoms with Crippen LogP contribution in [0.1, 0.15) is 46.1 Å². The second-order valence-electron chi connectivity index (χ2n) is 8.13. The molecule has 1 rings (SSSR count). The van der Waals surface area contributed by atoms with E-state index in [9.17, 15) is 19.5 Å². The number of likely N-dealkylation sites (N-methyl/N-ethyl adjacent to an activating group) is 1. The molecule has 0 aliphatic heterocycles. The van der Waals surface area contributed by atoms with Crippen LogP contribution in [0.25, 0.3) is 0 Å². The molecule has 8 heteroatoms. The first-order valence-corrected chi connectivity index (χ1v) is 10.6. The normalized spacial score (nSPS) is 14.9. The van der Waals surface area contributed by atoms with E-state index in [-0.39, 0.29) is 30.8 Å². The Morgan fingerprint density at radius 2 is 1.74 bits per heavy atom. The SMILES string of the molecule is CCC(C)C(C(CC(=O)O)OC)N(C)C(=O)C(NC(=O)OCc1ccccc1)C(C)C. The van der Waals surface area contributed by atoms with Crippen molar-refractivity contribution < 1.29 is 29.0 Å². The molecule has 4 atom stereocenters. The van der Waals surface area contributed by atoms with Gasteiger partial charge < -0.3 is 24.8 Å². The van der Waals surface area contributed by atoms with Crippen LogP contribution in [-0.4, -0.2) is 60.3 Å². The molecule has 0 aromatic heterocycles. The number of methoxy groups -OCH3 is 1. The van der Waals surface area contributed by atoms with E-state index in [1.54, 1.807) is 7.05 Å². The Bertz CT molecular complexity index is 709. The molecule has 0 heterocycles. The molecule has 2 N–H and O–H groups in total. The highest BCUT2D eigenvalue weighted by Gasteiger charge is 2.37. The van der Waals surface area contributed by atoms with E-state index in [2.05, 4.69) is 5.32 Å². The number of nitrogens with zero attached hydrogens (tertiary/aromatic N) is 1. The standard InChI is InChI=1S/C23H36N2O6/c1-7-16(4)21(18(30-6)13-19(26)27)25(5)22(28)20(15(2)3)24-23(29)31-14-17-11-9-8-10-12-17/h8-12,15-16,18,20-21H,7,13-14H2,1-6H3,(H,24,29)(H,26,27). The van der Waals surface area contributed by atoms with Gasteiger partial charge in [-0.15, -0.1) is 0 Å². The lowest BCUT2D eigenvalue weighted by atomic mass is 9.90. The van der Waals surface area contributed by atoms with Gasteiger partial charge in [0.25, 0.3) is 0 Å². The zero-order valence-electron chi connectivity index (χ0n) is 19.3. The van der Waals surface area contributed by atoms with Crippen molar-refractivity contribution in [1.82, 2.24) is 10.2 Å². The molecule has 0 bridgehead atoms. The number of nitrogens with one attached hydrogen (secondary N) is 1. The number of aliphatic carboxylic acids is 1. The average molecular weight is 437 g/mol. The molecular weight excluding hydrogens is 400 g/mol. The van der Waals surface area contributed by atoms with E-state index in [1.807, 2.05) is 58.0 Å². The van der Waals surface area contributed by atoms with E-state index in [1.165, 1.54) is 12.0 Å². The number of carboxylic acids is 1. The molecule has 0 saturated carbocycles. The molecule has 0 fully saturated rings. The number of rotatable bonds is 12. The maximum Gasteiger partial charge on any atom is 0.408 e. The fourth-order valence-electron chi connectivity index (χ4n) is 3.53. The van der Waals surface area contributed by atoms with Gasteiger partial charge in [0, 0.05) is 14.2 Å². The van der Waals surface area contributed by atoms with Gasteiger partial charge in [0.05, 0.1) is 18.6 Å². The van der Waals surface area contributed by atoms with Crippen molar-refractivity contribution in [3.05, 3.63) is 35.9 Å². The van der Waals surface area contributed by atoms with Gasteiger partial charge in [-0.2, -0.15) is 0 Å². The van der Waals surface area contributed by atoms with Crippen LogP contribution in [0, 0.1) is 11.8 Å². The summed E-state index contributed by atoms with van der Waals surface area (Å²) >= 11 is 0. The number of hydrogen-bond donors (Lipinski definition) is 2. The number of carbonyl (C=O) groups is 3. The van der Waals surface area contributed by atoms with Crippen LogP contribution in [0.2, 0.25) is 0 Å². The van der Waals surface area contributed by atoms with Gasteiger partial charge in [0.15, 0.2) is 0 Å². The number of benzene rings is 1. The van der Waals surface area contributed by atoms with Crippen molar-refractivity contribution in [2.75, 3.05) is 14.2 Å². The van der Waals surface area contributed by atoms with Crippen LogP contribution in [0.15, 0.2) is 30.3 Å². The van der Waals surface area contributed by atoms with E-state index >= 15 is 0 Å². The van der Waals surface area contributed by atoms with Gasteiger partial charge in [-0.1, -0.05) is 64.4 Å². The summed E-state index contributed by atoms with van der Waals surface area (Å²) in [5.74, 6) is -1.51. The molecule has 2 amide bonds. The average Bonchev–Trinajstić information content (AvgIpc) is 2.74. The Morgan fingerprint density at radius 3 is 2.23 bits per heavy atom. The topological polar surface area (TPSA) is 105 Å². The van der Waals surface area contributed by atoms with Crippen molar-refractivity contribution in [3.63, 3.8) is 0 Å². The number of amides is 2. The van der Waals surface area contributed by atoms with Crippen LogP contribution < -0.4 is 5.32 Å². The smallest absolute Gasteiger partial charge is 0.408 e. The Morgan fingerprint density at radius 1 is 1.13 bits per heavy atom. The third-order valence-corrected chi connectivity index (χ3v) is 5.50. The first kappa shape index (κ1) is 26.4. The highest BCUT2D eigenvalue weighted by molar-refractivity contribution is 5.86. The number of ether oxygens (including phenoxy) is 2. The number of alkyl carbamates (subject to hydrolysis) is 1. The lowest BCUT2D eigenvalue weighted by molar-refractivity contribution is -0.147. The molecule has 0 spiro atoms. The minimum atomic E-state index is -0.996. The molecule has 0 aliphatic carbocycles. The molecule has 1 aromatic carbocycles. The predicted molar refractivity (Wildman–Crippen MR) is 117 cm³/mol. The Hall–Kier alpha value is -2.61. The summed E-state index contributed by atoms with van der Waals surface area (Å²) < 4.78 is 10.7. The quantitative estimate of drug-likeness (QED) is 0.521. The maximum atomic E-state index is 13.3. The van der Waals surface area contributed by atoms with Gasteiger partial charge in [-0.25, -0.2) is 4.79 Å². The Balaban J connectivity index is 2.94. The molecular formula is C23H36N2O6. The maximum absolute atomic E-state index is 13.3. The lowest BCUT2D eigenvalue weighted by Crippen LogP contribution is -2.57. The highest BCUT2D eigenvalue weighted by atomic mass is 16.5. The van der Waals surface area contributed by atoms with Crippen molar-refractivity contribution in [2.45, 2.75) is 65.3 Å². The third kappa shape index (κ3) is 8.20. The number of hydrogen-bond acceptors (Lipinski definition) is 5. The van der Waals surface area contributed by atoms with Crippen LogP contribution in [0.5, 0.6) is 0 Å². The van der Waals surface area contributed by atoms with Gasteiger partial charge in [0.1, 0.15) is 12.6 Å². The summed E-state index contributed by atoms with van der Waals surface area (Å²) in [5, 5.41) is 11.9. The summed E-state index contributed by atoms with van der Waals surface area (Å²) in [6, 6.07) is 7.99. The molecule has 8 nitrogen and oxygen atoms in total. The van der Waals surface area contributed by atoms with Gasteiger partial charge >= 0.3 is 12.1 Å². The predicted octanol–water partition coefficient (Wildman–Crippen LogP) is 3.30. The van der Waals surface area contributed by atoms with Crippen molar-refractivity contribution in [3.8, 4) is 0 Å². The zero-order chi connectivity index (χ0) is 23.6. The lowest BCUT2D eigenvalue weighted by Gasteiger charge is -2.39. The van der Waals surface area contributed by atoms with Crippen LogP contribution in [-0.2, 0) is 25.7 Å². The second-order valence-corrected chi connectivity index (χ2v) is 8.13. The molecule has 4 unspecified atom stereocenters. The van der Waals surface area contributed by atoms with E-state index in [0.29, 0.717) is 0 Å². The van der Waals surface area contributed by atoms with Gasteiger partial charge in [-0.3, -0.25) is 9.59 Å².